The van der Waals surface area contributed by atoms with Gasteiger partial charge in [-0.3, -0.25) is 14.2 Å². The summed E-state index contributed by atoms with van der Waals surface area (Å²) in [5, 5.41) is 12.5. The highest BCUT2D eigenvalue weighted by atomic mass is 32.1. The number of nitriles is 1. The summed E-state index contributed by atoms with van der Waals surface area (Å²) >= 11 is 1.13. The monoisotopic (exact) mass is 491 g/mol. The lowest BCUT2D eigenvalue weighted by atomic mass is 10.2. The Morgan fingerprint density at radius 2 is 1.91 bits per heavy atom. The van der Waals surface area contributed by atoms with Crippen molar-refractivity contribution in [2.45, 2.75) is 32.9 Å². The first-order chi connectivity index (χ1) is 17.1. The van der Waals surface area contributed by atoms with Gasteiger partial charge in [0.1, 0.15) is 23.1 Å². The van der Waals surface area contributed by atoms with Crippen LogP contribution in [-0.2, 0) is 22.7 Å². The fourth-order valence-electron chi connectivity index (χ4n) is 3.31. The highest BCUT2D eigenvalue weighted by Gasteiger charge is 2.15. The molecule has 0 aliphatic carbocycles. The third kappa shape index (κ3) is 7.15. The van der Waals surface area contributed by atoms with Gasteiger partial charge in [-0.1, -0.05) is 55.8 Å². The van der Waals surface area contributed by atoms with Crippen LogP contribution in [0, 0.1) is 11.3 Å². The second-order valence-electron chi connectivity index (χ2n) is 7.80. The Morgan fingerprint density at radius 3 is 2.57 bits per heavy atom. The number of benzene rings is 2. The van der Waals surface area contributed by atoms with E-state index in [-0.39, 0.29) is 24.3 Å². The van der Waals surface area contributed by atoms with Crippen molar-refractivity contribution in [1.29, 1.82) is 5.26 Å². The van der Waals surface area contributed by atoms with Crippen LogP contribution in [0.1, 0.15) is 30.9 Å². The number of hydrogen-bond donors (Lipinski definition) is 1. The smallest absolute Gasteiger partial charge is 0.269 e. The van der Waals surface area contributed by atoms with Crippen molar-refractivity contribution in [2.24, 2.45) is 0 Å². The fraction of sp³-hybridized carbons (Fsp3) is 0.296. The SMILES string of the molecule is CCCCNC(=O)/C(C#N)=c1\s/c(=C\c2ccc(OCc3ccccc3)cc2)c(=O)n1CCOC. The average molecular weight is 492 g/mol. The van der Waals surface area contributed by atoms with Crippen LogP contribution >= 0.6 is 11.3 Å². The van der Waals surface area contributed by atoms with Crippen molar-refractivity contribution in [1.82, 2.24) is 9.88 Å². The summed E-state index contributed by atoms with van der Waals surface area (Å²) < 4.78 is 13.2. The normalized spacial score (nSPS) is 12.2. The lowest BCUT2D eigenvalue weighted by Gasteiger charge is -2.06. The van der Waals surface area contributed by atoms with Gasteiger partial charge < -0.3 is 14.8 Å². The summed E-state index contributed by atoms with van der Waals surface area (Å²) in [7, 11) is 1.54. The zero-order valence-electron chi connectivity index (χ0n) is 20.0. The molecule has 0 saturated heterocycles. The Morgan fingerprint density at radius 1 is 1.17 bits per heavy atom. The maximum absolute atomic E-state index is 13.1. The minimum Gasteiger partial charge on any atom is -0.489 e. The van der Waals surface area contributed by atoms with Crippen molar-refractivity contribution in [3.8, 4) is 11.8 Å². The molecule has 1 N–H and O–H groups in total. The van der Waals surface area contributed by atoms with Gasteiger partial charge in [0.25, 0.3) is 11.5 Å². The lowest BCUT2D eigenvalue weighted by Crippen LogP contribution is -2.36. The molecule has 0 atom stereocenters. The summed E-state index contributed by atoms with van der Waals surface area (Å²) in [5.41, 5.74) is 1.56. The Kier molecular flexibility index (Phi) is 9.84. The van der Waals surface area contributed by atoms with Crippen molar-refractivity contribution in [3.05, 3.63) is 85.3 Å². The summed E-state index contributed by atoms with van der Waals surface area (Å²) in [6, 6.07) is 19.3. The number of carbonyl (C=O) groups is 1. The van der Waals surface area contributed by atoms with Gasteiger partial charge in [-0.2, -0.15) is 5.26 Å². The molecule has 7 nitrogen and oxygen atoms in total. The van der Waals surface area contributed by atoms with Crippen molar-refractivity contribution >= 4 is 28.9 Å². The van der Waals surface area contributed by atoms with E-state index < -0.39 is 5.91 Å². The molecule has 1 aromatic heterocycles. The first-order valence-electron chi connectivity index (χ1n) is 11.5. The van der Waals surface area contributed by atoms with Crippen LogP contribution in [0.3, 0.4) is 0 Å². The Bertz CT molecular complexity index is 1340. The van der Waals surface area contributed by atoms with E-state index in [1.54, 1.807) is 6.08 Å². The third-order valence-electron chi connectivity index (χ3n) is 5.22. The first kappa shape index (κ1) is 25.9. The summed E-state index contributed by atoms with van der Waals surface area (Å²) in [4.78, 5) is 25.8. The number of aromatic nitrogens is 1. The first-order valence-corrected chi connectivity index (χ1v) is 12.3. The zero-order chi connectivity index (χ0) is 25.0. The largest absolute Gasteiger partial charge is 0.489 e. The lowest BCUT2D eigenvalue weighted by molar-refractivity contribution is -0.115. The molecule has 1 heterocycles. The highest BCUT2D eigenvalue weighted by Crippen LogP contribution is 2.14. The molecule has 3 rings (SSSR count). The van der Waals surface area contributed by atoms with Crippen LogP contribution in [0.5, 0.6) is 5.75 Å². The standard InChI is InChI=1S/C27H29N3O4S/c1-3-4-14-29-25(31)23(18-28)27-30(15-16-33-2)26(32)24(35-27)17-20-10-12-22(13-11-20)34-19-21-8-6-5-7-9-21/h5-13,17H,3-4,14-16,19H2,1-2H3,(H,29,31)/b24-17-,27-23-. The molecule has 3 aromatic rings. The summed E-state index contributed by atoms with van der Waals surface area (Å²) in [6.07, 6.45) is 3.50. The molecular weight excluding hydrogens is 462 g/mol. The Hall–Kier alpha value is -3.67. The summed E-state index contributed by atoms with van der Waals surface area (Å²) in [5.74, 6) is 0.249. The molecular formula is C27H29N3O4S. The van der Waals surface area contributed by atoms with Crippen LogP contribution in [0.15, 0.2) is 59.4 Å². The highest BCUT2D eigenvalue weighted by molar-refractivity contribution is 7.07. The van der Waals surface area contributed by atoms with Crippen molar-refractivity contribution in [2.75, 3.05) is 20.3 Å². The van der Waals surface area contributed by atoms with E-state index in [0.717, 1.165) is 41.1 Å². The number of thiazole rings is 1. The third-order valence-corrected chi connectivity index (χ3v) is 6.35. The van der Waals surface area contributed by atoms with Crippen molar-refractivity contribution < 1.29 is 14.3 Å². The second kappa shape index (κ2) is 13.3. The molecule has 0 unspecified atom stereocenters. The maximum Gasteiger partial charge on any atom is 0.269 e. The molecule has 182 valence electrons. The maximum atomic E-state index is 13.1. The second-order valence-corrected chi connectivity index (χ2v) is 8.84. The molecule has 2 aromatic carbocycles. The van der Waals surface area contributed by atoms with E-state index in [4.69, 9.17) is 9.47 Å². The number of ether oxygens (including phenoxy) is 2. The number of rotatable bonds is 11. The van der Waals surface area contributed by atoms with Gasteiger partial charge in [0, 0.05) is 13.7 Å². The Balaban J connectivity index is 1.92. The molecule has 35 heavy (non-hydrogen) atoms. The van der Waals surface area contributed by atoms with E-state index in [2.05, 4.69) is 5.32 Å². The molecule has 0 bridgehead atoms. The molecule has 0 aliphatic rings. The Labute approximate surface area is 208 Å². The molecule has 8 heteroatoms. The van der Waals surface area contributed by atoms with E-state index in [1.807, 2.05) is 67.6 Å². The molecule has 0 spiro atoms. The van der Waals surface area contributed by atoms with Crippen LogP contribution in [0.25, 0.3) is 11.6 Å². The van der Waals surface area contributed by atoms with Gasteiger partial charge in [-0.15, -0.1) is 11.3 Å². The van der Waals surface area contributed by atoms with Crippen LogP contribution in [-0.4, -0.2) is 30.7 Å². The quantitative estimate of drug-likeness (QED) is 0.416. The number of amides is 1. The molecule has 0 aliphatic heterocycles. The zero-order valence-corrected chi connectivity index (χ0v) is 20.8. The van der Waals surface area contributed by atoms with E-state index in [0.29, 0.717) is 22.3 Å². The molecule has 1 amide bonds. The van der Waals surface area contributed by atoms with Gasteiger partial charge in [-0.25, -0.2) is 0 Å². The van der Waals surface area contributed by atoms with E-state index >= 15 is 0 Å². The minimum atomic E-state index is -0.472. The van der Waals surface area contributed by atoms with E-state index in [1.165, 1.54) is 11.7 Å². The van der Waals surface area contributed by atoms with Crippen LogP contribution < -0.4 is 24.8 Å². The van der Waals surface area contributed by atoms with Crippen molar-refractivity contribution in [3.63, 3.8) is 0 Å². The number of carbonyl (C=O) groups excluding carboxylic acids is 1. The topological polar surface area (TPSA) is 93.4 Å². The van der Waals surface area contributed by atoms with Crippen LogP contribution in [0.2, 0.25) is 0 Å². The number of nitrogens with zero attached hydrogens (tertiary/aromatic N) is 2. The number of methoxy groups -OCH3 is 1. The van der Waals surface area contributed by atoms with Crippen LogP contribution in [0.4, 0.5) is 0 Å². The van der Waals surface area contributed by atoms with E-state index in [9.17, 15) is 14.9 Å². The number of unbranched alkanes of at least 4 members (excludes halogenated alkanes) is 1. The predicted molar refractivity (Wildman–Crippen MR) is 137 cm³/mol. The van der Waals surface area contributed by atoms with Gasteiger partial charge >= 0.3 is 0 Å². The summed E-state index contributed by atoms with van der Waals surface area (Å²) in [6.45, 7) is 3.50. The number of hydrogen-bond acceptors (Lipinski definition) is 6. The molecule has 0 saturated carbocycles. The average Bonchev–Trinajstić information content (AvgIpc) is 3.18. The predicted octanol–water partition coefficient (Wildman–Crippen LogP) is 2.55. The van der Waals surface area contributed by atoms with Gasteiger partial charge in [0.05, 0.1) is 17.7 Å². The minimum absolute atomic E-state index is 0.0661. The van der Waals surface area contributed by atoms with Gasteiger partial charge in [0.2, 0.25) is 0 Å². The van der Waals surface area contributed by atoms with Gasteiger partial charge in [0.15, 0.2) is 5.57 Å². The molecule has 0 fully saturated rings. The fourth-order valence-corrected chi connectivity index (χ4v) is 4.43. The molecule has 0 radical (unpaired) electrons. The number of nitrogens with one attached hydrogen (secondary N) is 1. The van der Waals surface area contributed by atoms with Gasteiger partial charge in [-0.05, 0) is 35.8 Å².